The molecule has 0 fully saturated rings. The average molecular weight is 169 g/mol. The van der Waals surface area contributed by atoms with Gasteiger partial charge < -0.3 is 10.5 Å². The highest BCUT2D eigenvalue weighted by molar-refractivity contribution is 5.22. The largest absolute Gasteiger partial charge is 0.489 e. The smallest absolute Gasteiger partial charge is 0.123 e. The first-order chi connectivity index (χ1) is 5.72. The fourth-order valence-electron chi connectivity index (χ4n) is 0.794. The van der Waals surface area contributed by atoms with Gasteiger partial charge in [-0.2, -0.15) is 0 Å². The van der Waals surface area contributed by atoms with Gasteiger partial charge >= 0.3 is 0 Å². The zero-order chi connectivity index (χ0) is 8.97. The Morgan fingerprint density at radius 2 is 2.00 bits per heavy atom. The Morgan fingerprint density at radius 3 is 2.50 bits per heavy atom. The molecular weight excluding hydrogens is 157 g/mol. The van der Waals surface area contributed by atoms with E-state index in [0.717, 1.165) is 0 Å². The van der Waals surface area contributed by atoms with E-state index in [4.69, 9.17) is 10.5 Å². The van der Waals surface area contributed by atoms with Crippen LogP contribution in [0.2, 0.25) is 0 Å². The third-order valence-electron chi connectivity index (χ3n) is 1.48. The molecule has 1 rings (SSSR count). The molecule has 12 heavy (non-hydrogen) atoms. The molecule has 0 radical (unpaired) electrons. The van der Waals surface area contributed by atoms with Gasteiger partial charge in [-0.05, 0) is 31.2 Å². The number of ether oxygens (including phenoxy) is 1. The third-order valence-corrected chi connectivity index (χ3v) is 1.48. The van der Waals surface area contributed by atoms with Crippen molar-refractivity contribution in [2.75, 3.05) is 6.54 Å². The van der Waals surface area contributed by atoms with Gasteiger partial charge in [-0.15, -0.1) is 0 Å². The lowest BCUT2D eigenvalue weighted by Crippen LogP contribution is -2.22. The van der Waals surface area contributed by atoms with Gasteiger partial charge in [0.25, 0.3) is 0 Å². The summed E-state index contributed by atoms with van der Waals surface area (Å²) in [6, 6.07) is 5.89. The normalized spacial score (nSPS) is 12.6. The Bertz CT molecular complexity index is 235. The van der Waals surface area contributed by atoms with Gasteiger partial charge in [-0.25, -0.2) is 4.39 Å². The summed E-state index contributed by atoms with van der Waals surface area (Å²) in [6.45, 7) is 2.32. The fourth-order valence-corrected chi connectivity index (χ4v) is 0.794. The summed E-state index contributed by atoms with van der Waals surface area (Å²) >= 11 is 0. The molecular formula is C9H12FNO. The van der Waals surface area contributed by atoms with E-state index >= 15 is 0 Å². The van der Waals surface area contributed by atoms with Gasteiger partial charge in [0.05, 0.1) is 0 Å². The highest BCUT2D eigenvalue weighted by Gasteiger charge is 2.00. The standard InChI is InChI=1S/C9H12FNO/c1-7(6-11)12-9-4-2-8(10)3-5-9/h2-5,7H,6,11H2,1H3/t7-/m1/s1. The zero-order valence-electron chi connectivity index (χ0n) is 6.96. The predicted molar refractivity (Wildman–Crippen MR) is 45.5 cm³/mol. The highest BCUT2D eigenvalue weighted by atomic mass is 19.1. The minimum atomic E-state index is -0.261. The molecule has 0 unspecified atom stereocenters. The molecule has 2 nitrogen and oxygen atoms in total. The number of nitrogens with two attached hydrogens (primary N) is 1. The molecule has 0 heterocycles. The summed E-state index contributed by atoms with van der Waals surface area (Å²) in [5, 5.41) is 0. The highest BCUT2D eigenvalue weighted by Crippen LogP contribution is 2.12. The van der Waals surface area contributed by atoms with E-state index in [0.29, 0.717) is 12.3 Å². The summed E-state index contributed by atoms with van der Waals surface area (Å²) in [4.78, 5) is 0. The van der Waals surface area contributed by atoms with Crippen molar-refractivity contribution in [1.29, 1.82) is 0 Å². The topological polar surface area (TPSA) is 35.2 Å². The van der Waals surface area contributed by atoms with Gasteiger partial charge in [-0.1, -0.05) is 0 Å². The van der Waals surface area contributed by atoms with Crippen LogP contribution in [0.5, 0.6) is 5.75 Å². The second kappa shape index (κ2) is 4.07. The third kappa shape index (κ3) is 2.51. The number of hydrogen-bond acceptors (Lipinski definition) is 2. The van der Waals surface area contributed by atoms with Crippen molar-refractivity contribution in [3.63, 3.8) is 0 Å². The van der Waals surface area contributed by atoms with Crippen molar-refractivity contribution in [2.24, 2.45) is 5.73 Å². The number of halogens is 1. The molecule has 0 saturated carbocycles. The molecule has 66 valence electrons. The van der Waals surface area contributed by atoms with Crippen LogP contribution < -0.4 is 10.5 Å². The van der Waals surface area contributed by atoms with E-state index in [1.54, 1.807) is 12.1 Å². The Balaban J connectivity index is 2.58. The molecule has 0 spiro atoms. The maximum atomic E-state index is 12.4. The van der Waals surface area contributed by atoms with Crippen LogP contribution in [-0.4, -0.2) is 12.6 Å². The van der Waals surface area contributed by atoms with Crippen LogP contribution in [0.1, 0.15) is 6.92 Å². The van der Waals surface area contributed by atoms with Crippen LogP contribution in [-0.2, 0) is 0 Å². The van der Waals surface area contributed by atoms with E-state index in [2.05, 4.69) is 0 Å². The van der Waals surface area contributed by atoms with Crippen LogP contribution in [0.4, 0.5) is 4.39 Å². The van der Waals surface area contributed by atoms with Crippen molar-refractivity contribution in [3.8, 4) is 5.75 Å². The van der Waals surface area contributed by atoms with E-state index in [9.17, 15) is 4.39 Å². The van der Waals surface area contributed by atoms with Crippen molar-refractivity contribution < 1.29 is 9.13 Å². The molecule has 0 saturated heterocycles. The lowest BCUT2D eigenvalue weighted by molar-refractivity contribution is 0.229. The lowest BCUT2D eigenvalue weighted by Gasteiger charge is -2.11. The predicted octanol–water partition coefficient (Wildman–Crippen LogP) is 1.55. The summed E-state index contributed by atoms with van der Waals surface area (Å²) < 4.78 is 17.8. The lowest BCUT2D eigenvalue weighted by atomic mass is 10.3. The molecule has 0 aliphatic rings. The van der Waals surface area contributed by atoms with E-state index < -0.39 is 0 Å². The van der Waals surface area contributed by atoms with E-state index in [-0.39, 0.29) is 11.9 Å². The monoisotopic (exact) mass is 169 g/mol. The van der Waals surface area contributed by atoms with Crippen LogP contribution in [0, 0.1) is 5.82 Å². The van der Waals surface area contributed by atoms with Crippen LogP contribution in [0.25, 0.3) is 0 Å². The number of hydrogen-bond donors (Lipinski definition) is 1. The summed E-state index contributed by atoms with van der Waals surface area (Å²) in [6.07, 6.45) is -0.0320. The molecule has 0 aliphatic carbocycles. The Morgan fingerprint density at radius 1 is 1.42 bits per heavy atom. The molecule has 3 heteroatoms. The first-order valence-electron chi connectivity index (χ1n) is 3.84. The van der Waals surface area contributed by atoms with Gasteiger partial charge in [-0.3, -0.25) is 0 Å². The van der Waals surface area contributed by atoms with Crippen molar-refractivity contribution in [3.05, 3.63) is 30.1 Å². The van der Waals surface area contributed by atoms with Crippen LogP contribution in [0.3, 0.4) is 0 Å². The molecule has 0 aromatic heterocycles. The average Bonchev–Trinajstić information content (AvgIpc) is 2.09. The molecule has 1 atom stereocenters. The molecule has 0 bridgehead atoms. The Hall–Kier alpha value is -1.09. The first-order valence-corrected chi connectivity index (χ1v) is 3.84. The van der Waals surface area contributed by atoms with Gasteiger partial charge in [0.2, 0.25) is 0 Å². The second-order valence-corrected chi connectivity index (χ2v) is 2.62. The Labute approximate surface area is 71.1 Å². The SMILES string of the molecule is C[C@H](CN)Oc1ccc(F)cc1. The molecule has 1 aromatic rings. The zero-order valence-corrected chi connectivity index (χ0v) is 6.96. The maximum Gasteiger partial charge on any atom is 0.123 e. The summed E-state index contributed by atoms with van der Waals surface area (Å²) in [5.74, 6) is 0.386. The van der Waals surface area contributed by atoms with Crippen LogP contribution >= 0.6 is 0 Å². The minimum Gasteiger partial charge on any atom is -0.489 e. The summed E-state index contributed by atoms with van der Waals surface area (Å²) in [7, 11) is 0. The minimum absolute atomic E-state index is 0.0320. The first kappa shape index (κ1) is 9.00. The summed E-state index contributed by atoms with van der Waals surface area (Å²) in [5.41, 5.74) is 5.35. The van der Waals surface area contributed by atoms with Gasteiger partial charge in [0.1, 0.15) is 17.7 Å². The van der Waals surface area contributed by atoms with Crippen molar-refractivity contribution in [1.82, 2.24) is 0 Å². The maximum absolute atomic E-state index is 12.4. The molecule has 2 N–H and O–H groups in total. The quantitative estimate of drug-likeness (QED) is 0.745. The molecule has 1 aromatic carbocycles. The van der Waals surface area contributed by atoms with Crippen molar-refractivity contribution in [2.45, 2.75) is 13.0 Å². The second-order valence-electron chi connectivity index (χ2n) is 2.62. The Kier molecular flexibility index (Phi) is 3.05. The van der Waals surface area contributed by atoms with E-state index in [1.807, 2.05) is 6.92 Å². The van der Waals surface area contributed by atoms with Crippen LogP contribution in [0.15, 0.2) is 24.3 Å². The number of rotatable bonds is 3. The number of benzene rings is 1. The fraction of sp³-hybridized carbons (Fsp3) is 0.333. The van der Waals surface area contributed by atoms with E-state index in [1.165, 1.54) is 12.1 Å². The van der Waals surface area contributed by atoms with Gasteiger partial charge in [0, 0.05) is 6.54 Å². The van der Waals surface area contributed by atoms with Crippen molar-refractivity contribution >= 4 is 0 Å². The molecule has 0 aliphatic heterocycles. The molecule has 0 amide bonds. The van der Waals surface area contributed by atoms with Gasteiger partial charge in [0.15, 0.2) is 0 Å².